The molecule has 0 fully saturated rings. The molecule has 1 N–H and O–H groups in total. The van der Waals surface area contributed by atoms with Crippen LogP contribution in [0.5, 0.6) is 17.2 Å². The zero-order chi connectivity index (χ0) is 27.4. The average Bonchev–Trinajstić information content (AvgIpc) is 2.89. The Kier molecular flexibility index (Phi) is 7.92. The summed E-state index contributed by atoms with van der Waals surface area (Å²) in [7, 11) is -0.749. The second kappa shape index (κ2) is 11.1. The maximum Gasteiger partial charge on any atom is 0.210 e. The zero-order valence-corrected chi connectivity index (χ0v) is 23.3. The lowest BCUT2D eigenvalue weighted by atomic mass is 10.1. The molecule has 0 saturated carbocycles. The highest BCUT2D eigenvalue weighted by Crippen LogP contribution is 2.33. The number of nitrogens with one attached hydrogen (secondary N) is 1. The first kappa shape index (κ1) is 27.0. The minimum absolute atomic E-state index is 0.0946. The number of aromatic nitrogens is 1. The Morgan fingerprint density at radius 3 is 2.08 bits per heavy atom. The molecule has 1 heterocycles. The molecule has 0 atom stereocenters. The van der Waals surface area contributed by atoms with E-state index < -0.39 is 9.84 Å². The van der Waals surface area contributed by atoms with Gasteiger partial charge in [-0.1, -0.05) is 23.8 Å². The first-order chi connectivity index (χ1) is 18.1. The van der Waals surface area contributed by atoms with E-state index >= 15 is 0 Å². The number of methoxy groups -OCH3 is 2. The van der Waals surface area contributed by atoms with Crippen molar-refractivity contribution < 1.29 is 22.6 Å². The van der Waals surface area contributed by atoms with Crippen LogP contribution in [0.3, 0.4) is 0 Å². The van der Waals surface area contributed by atoms with Crippen molar-refractivity contribution in [1.82, 2.24) is 4.98 Å². The number of benzene rings is 3. The number of hydrogen-bond acceptors (Lipinski definition) is 7. The van der Waals surface area contributed by atoms with Gasteiger partial charge in [-0.25, -0.2) is 13.4 Å². The quantitative estimate of drug-likeness (QED) is 0.264. The molecule has 3 aromatic carbocycles. The van der Waals surface area contributed by atoms with Crippen LogP contribution in [0, 0.1) is 27.7 Å². The van der Waals surface area contributed by atoms with E-state index in [2.05, 4.69) is 22.4 Å². The van der Waals surface area contributed by atoms with E-state index in [1.54, 1.807) is 50.6 Å². The van der Waals surface area contributed by atoms with Gasteiger partial charge in [-0.15, -0.1) is 0 Å². The molecule has 38 heavy (non-hydrogen) atoms. The third-order valence-electron chi connectivity index (χ3n) is 6.14. The predicted molar refractivity (Wildman–Crippen MR) is 149 cm³/mol. The van der Waals surface area contributed by atoms with Crippen LogP contribution in [-0.4, -0.2) is 27.6 Å². The summed E-state index contributed by atoms with van der Waals surface area (Å²) in [5, 5.41) is 3.29. The van der Waals surface area contributed by atoms with E-state index in [0.717, 1.165) is 27.9 Å². The van der Waals surface area contributed by atoms with Crippen LogP contribution in [0.1, 0.15) is 27.9 Å². The number of anilines is 2. The smallest absolute Gasteiger partial charge is 0.210 e. The largest absolute Gasteiger partial charge is 0.497 e. The van der Waals surface area contributed by atoms with Gasteiger partial charge in [-0.3, -0.25) is 0 Å². The highest BCUT2D eigenvalue weighted by atomic mass is 32.2. The number of nitrogens with zero attached hydrogens (tertiary/aromatic N) is 1. The van der Waals surface area contributed by atoms with Gasteiger partial charge in [0.2, 0.25) is 9.84 Å². The van der Waals surface area contributed by atoms with Gasteiger partial charge in [0.1, 0.15) is 34.6 Å². The molecule has 7 nitrogen and oxygen atoms in total. The van der Waals surface area contributed by atoms with Gasteiger partial charge < -0.3 is 19.5 Å². The van der Waals surface area contributed by atoms with Gasteiger partial charge in [-0.2, -0.15) is 0 Å². The molecule has 0 spiro atoms. The Bertz CT molecular complexity index is 1540. The maximum absolute atomic E-state index is 13.8. The number of aryl methyl sites for hydroxylation is 4. The second-order valence-corrected chi connectivity index (χ2v) is 11.1. The molecule has 0 aliphatic rings. The Balaban J connectivity index is 1.65. The molecule has 0 radical (unpaired) electrons. The molecular formula is C30H32N2O5S. The van der Waals surface area contributed by atoms with Crippen LogP contribution in [-0.2, 0) is 16.4 Å². The molecule has 4 aromatic rings. The fourth-order valence-electron chi connectivity index (χ4n) is 4.32. The summed E-state index contributed by atoms with van der Waals surface area (Å²) in [5.41, 5.74) is 5.54. The van der Waals surface area contributed by atoms with Crippen molar-refractivity contribution in [2.24, 2.45) is 0 Å². The Morgan fingerprint density at radius 1 is 0.789 bits per heavy atom. The van der Waals surface area contributed by atoms with Crippen LogP contribution in [0.25, 0.3) is 0 Å². The first-order valence-electron chi connectivity index (χ1n) is 12.1. The lowest BCUT2D eigenvalue weighted by Crippen LogP contribution is -2.09. The van der Waals surface area contributed by atoms with Gasteiger partial charge >= 0.3 is 0 Å². The molecule has 1 aromatic heterocycles. The van der Waals surface area contributed by atoms with Crippen molar-refractivity contribution in [2.75, 3.05) is 19.5 Å². The van der Waals surface area contributed by atoms with Crippen LogP contribution >= 0.6 is 0 Å². The molecular weight excluding hydrogens is 500 g/mol. The van der Waals surface area contributed by atoms with Crippen molar-refractivity contribution in [3.63, 3.8) is 0 Å². The minimum Gasteiger partial charge on any atom is -0.497 e. The van der Waals surface area contributed by atoms with Crippen molar-refractivity contribution in [3.8, 4) is 17.2 Å². The third-order valence-corrected chi connectivity index (χ3v) is 7.92. The second-order valence-electron chi connectivity index (χ2n) is 9.19. The van der Waals surface area contributed by atoms with Gasteiger partial charge in [0.25, 0.3) is 0 Å². The predicted octanol–water partition coefficient (Wildman–Crippen LogP) is 6.49. The molecule has 0 saturated heterocycles. The summed E-state index contributed by atoms with van der Waals surface area (Å²) < 4.78 is 44.2. The van der Waals surface area contributed by atoms with Crippen LogP contribution in [0.2, 0.25) is 0 Å². The first-order valence-corrected chi connectivity index (χ1v) is 13.6. The topological polar surface area (TPSA) is 86.8 Å². The minimum atomic E-state index is -3.91. The zero-order valence-electron chi connectivity index (χ0n) is 22.5. The van der Waals surface area contributed by atoms with Crippen LogP contribution in [0.15, 0.2) is 76.5 Å². The Labute approximate surface area is 224 Å². The van der Waals surface area contributed by atoms with E-state index in [-0.39, 0.29) is 22.2 Å². The van der Waals surface area contributed by atoms with Crippen molar-refractivity contribution in [3.05, 3.63) is 94.7 Å². The van der Waals surface area contributed by atoms with E-state index in [1.807, 2.05) is 39.8 Å². The van der Waals surface area contributed by atoms with E-state index in [4.69, 9.17) is 14.2 Å². The molecule has 0 unspecified atom stereocenters. The molecule has 4 rings (SSSR count). The van der Waals surface area contributed by atoms with Gasteiger partial charge in [0, 0.05) is 17.4 Å². The molecule has 0 bridgehead atoms. The number of hydrogen-bond donors (Lipinski definition) is 1. The standard InChI is InChI=1S/C30H32N2O5S/c1-19-12-20(2)29(21(3)13-19)32-30-28(11-10-22(4)31-30)38(33,34)27-9-7-8-24(17-27)37-18-23-14-25(35-5)16-26(15-23)36-6/h7-17H,18H2,1-6H3,(H,31,32). The highest BCUT2D eigenvalue weighted by Gasteiger charge is 2.24. The monoisotopic (exact) mass is 532 g/mol. The summed E-state index contributed by atoms with van der Waals surface area (Å²) >= 11 is 0. The average molecular weight is 533 g/mol. The number of rotatable bonds is 9. The molecule has 0 aliphatic heterocycles. The molecule has 0 amide bonds. The maximum atomic E-state index is 13.8. The van der Waals surface area contributed by atoms with Gasteiger partial charge in [-0.05, 0) is 86.8 Å². The normalized spacial score (nSPS) is 11.2. The van der Waals surface area contributed by atoms with E-state index in [1.165, 1.54) is 6.07 Å². The SMILES string of the molecule is COc1cc(COc2cccc(S(=O)(=O)c3ccc(C)nc3Nc3c(C)cc(C)cc3C)c2)cc(OC)c1. The molecule has 8 heteroatoms. The van der Waals surface area contributed by atoms with Crippen LogP contribution in [0.4, 0.5) is 11.5 Å². The number of sulfone groups is 1. The van der Waals surface area contributed by atoms with Crippen molar-refractivity contribution >= 4 is 21.3 Å². The summed E-state index contributed by atoms with van der Waals surface area (Å²) in [6.45, 7) is 8.06. The van der Waals surface area contributed by atoms with Crippen LogP contribution < -0.4 is 19.5 Å². The Hall–Kier alpha value is -4.04. The van der Waals surface area contributed by atoms with E-state index in [9.17, 15) is 8.42 Å². The van der Waals surface area contributed by atoms with E-state index in [0.29, 0.717) is 22.9 Å². The van der Waals surface area contributed by atoms with Crippen molar-refractivity contribution in [2.45, 2.75) is 44.1 Å². The lowest BCUT2D eigenvalue weighted by molar-refractivity contribution is 0.303. The fourth-order valence-corrected chi connectivity index (χ4v) is 5.70. The molecule has 0 aliphatic carbocycles. The summed E-state index contributed by atoms with van der Waals surface area (Å²) in [4.78, 5) is 4.76. The third kappa shape index (κ3) is 5.92. The van der Waals surface area contributed by atoms with Gasteiger partial charge in [0.05, 0.1) is 19.1 Å². The summed E-state index contributed by atoms with van der Waals surface area (Å²) in [6.07, 6.45) is 0. The number of pyridine rings is 1. The molecule has 198 valence electrons. The van der Waals surface area contributed by atoms with Gasteiger partial charge in [0.15, 0.2) is 0 Å². The van der Waals surface area contributed by atoms with Crippen molar-refractivity contribution in [1.29, 1.82) is 0 Å². The summed E-state index contributed by atoms with van der Waals surface area (Å²) in [6, 6.07) is 19.3. The lowest BCUT2D eigenvalue weighted by Gasteiger charge is -2.17. The Morgan fingerprint density at radius 2 is 1.45 bits per heavy atom. The number of ether oxygens (including phenoxy) is 3. The highest BCUT2D eigenvalue weighted by molar-refractivity contribution is 7.91. The summed E-state index contributed by atoms with van der Waals surface area (Å²) in [5.74, 6) is 2.00. The fraction of sp³-hybridized carbons (Fsp3) is 0.233.